The fourth-order valence-electron chi connectivity index (χ4n) is 1.88. The van der Waals surface area contributed by atoms with E-state index in [0.29, 0.717) is 32.7 Å². The van der Waals surface area contributed by atoms with Crippen molar-refractivity contribution in [3.63, 3.8) is 0 Å². The number of methoxy groups -OCH3 is 1. The molecule has 1 aliphatic rings. The molecule has 0 radical (unpaired) electrons. The number of ketones is 1. The van der Waals surface area contributed by atoms with Gasteiger partial charge in [-0.05, 0) is 6.92 Å². The SMILES string of the molecule is C=CC[C@@H](O[C@](C)(OC)C(C)=O)C(=O)N1CCOCC1. The van der Waals surface area contributed by atoms with Crippen LogP contribution < -0.4 is 0 Å². The molecule has 1 amide bonds. The van der Waals surface area contributed by atoms with Gasteiger partial charge in [0.15, 0.2) is 5.78 Å². The molecule has 0 aromatic carbocycles. The molecule has 0 spiro atoms. The number of ether oxygens (including phenoxy) is 3. The van der Waals surface area contributed by atoms with Crippen molar-refractivity contribution in [2.75, 3.05) is 33.4 Å². The van der Waals surface area contributed by atoms with Gasteiger partial charge >= 0.3 is 0 Å². The van der Waals surface area contributed by atoms with E-state index in [9.17, 15) is 9.59 Å². The standard InChI is InChI=1S/C14H23NO5/c1-5-6-12(20-14(3,18-4)11(2)16)13(17)15-7-9-19-10-8-15/h5,12H,1,6-10H2,2-4H3/t12-,14+/m1/s1. The summed E-state index contributed by atoms with van der Waals surface area (Å²) in [5.41, 5.74) is 0. The van der Waals surface area contributed by atoms with Crippen molar-refractivity contribution in [2.45, 2.75) is 32.2 Å². The maximum absolute atomic E-state index is 12.4. The Morgan fingerprint density at radius 3 is 2.50 bits per heavy atom. The van der Waals surface area contributed by atoms with Crippen molar-refractivity contribution >= 4 is 11.7 Å². The summed E-state index contributed by atoms with van der Waals surface area (Å²) in [7, 11) is 1.38. The van der Waals surface area contributed by atoms with Gasteiger partial charge in [-0.3, -0.25) is 9.59 Å². The highest BCUT2D eigenvalue weighted by molar-refractivity contribution is 5.85. The Bertz CT molecular complexity index is 365. The van der Waals surface area contributed by atoms with E-state index in [1.165, 1.54) is 21.0 Å². The Balaban J connectivity index is 2.79. The lowest BCUT2D eigenvalue weighted by Gasteiger charge is -2.34. The molecule has 6 nitrogen and oxygen atoms in total. The Morgan fingerprint density at radius 2 is 2.05 bits per heavy atom. The van der Waals surface area contributed by atoms with Crippen molar-refractivity contribution < 1.29 is 23.8 Å². The van der Waals surface area contributed by atoms with Crippen LogP contribution in [-0.2, 0) is 23.8 Å². The van der Waals surface area contributed by atoms with Crippen LogP contribution in [0, 0.1) is 0 Å². The second kappa shape index (κ2) is 7.52. The van der Waals surface area contributed by atoms with E-state index in [1.807, 2.05) is 0 Å². The summed E-state index contributed by atoms with van der Waals surface area (Å²) in [4.78, 5) is 25.7. The van der Waals surface area contributed by atoms with Gasteiger partial charge in [0.05, 0.1) is 13.2 Å². The van der Waals surface area contributed by atoms with Crippen LogP contribution in [0.25, 0.3) is 0 Å². The molecular weight excluding hydrogens is 262 g/mol. The third-order valence-electron chi connectivity index (χ3n) is 3.38. The quantitative estimate of drug-likeness (QED) is 0.510. The number of Topliss-reactive ketones (excluding diaryl/α,β-unsaturated/α-hetero) is 1. The molecule has 0 saturated carbocycles. The average molecular weight is 285 g/mol. The van der Waals surface area contributed by atoms with Crippen LogP contribution in [-0.4, -0.2) is 61.9 Å². The summed E-state index contributed by atoms with van der Waals surface area (Å²) in [6, 6.07) is 0. The number of hydrogen-bond acceptors (Lipinski definition) is 5. The molecule has 1 aliphatic heterocycles. The Hall–Kier alpha value is -1.24. The van der Waals surface area contributed by atoms with Crippen LogP contribution in [0.3, 0.4) is 0 Å². The van der Waals surface area contributed by atoms with Crippen molar-refractivity contribution in [2.24, 2.45) is 0 Å². The predicted molar refractivity (Wildman–Crippen MR) is 73.2 cm³/mol. The fourth-order valence-corrected chi connectivity index (χ4v) is 1.88. The predicted octanol–water partition coefficient (Wildman–Crippen LogP) is 0.758. The topological polar surface area (TPSA) is 65.1 Å². The molecule has 0 aliphatic carbocycles. The van der Waals surface area contributed by atoms with Crippen LogP contribution in [0.2, 0.25) is 0 Å². The molecule has 20 heavy (non-hydrogen) atoms. The van der Waals surface area contributed by atoms with Gasteiger partial charge in [0, 0.05) is 33.5 Å². The average Bonchev–Trinajstić information content (AvgIpc) is 2.46. The van der Waals surface area contributed by atoms with Gasteiger partial charge in [-0.1, -0.05) is 6.08 Å². The van der Waals surface area contributed by atoms with Crippen LogP contribution in [0.1, 0.15) is 20.3 Å². The molecule has 114 valence electrons. The summed E-state index contributed by atoms with van der Waals surface area (Å²) in [5.74, 6) is -1.88. The number of carbonyl (C=O) groups excluding carboxylic acids is 2. The van der Waals surface area contributed by atoms with Gasteiger partial charge in [0.2, 0.25) is 5.79 Å². The van der Waals surface area contributed by atoms with Gasteiger partial charge in [-0.25, -0.2) is 0 Å². The summed E-state index contributed by atoms with van der Waals surface area (Å²) >= 11 is 0. The van der Waals surface area contributed by atoms with E-state index in [2.05, 4.69) is 6.58 Å². The van der Waals surface area contributed by atoms with Gasteiger partial charge < -0.3 is 19.1 Å². The van der Waals surface area contributed by atoms with Crippen molar-refractivity contribution in [1.29, 1.82) is 0 Å². The van der Waals surface area contributed by atoms with Gasteiger partial charge in [0.1, 0.15) is 6.10 Å². The maximum Gasteiger partial charge on any atom is 0.252 e. The monoisotopic (exact) mass is 285 g/mol. The van der Waals surface area contributed by atoms with Crippen LogP contribution >= 0.6 is 0 Å². The molecule has 0 unspecified atom stereocenters. The maximum atomic E-state index is 12.4. The number of morpholine rings is 1. The second-order valence-corrected chi connectivity index (χ2v) is 4.77. The zero-order chi connectivity index (χ0) is 15.2. The van der Waals surface area contributed by atoms with Crippen molar-refractivity contribution in [3.05, 3.63) is 12.7 Å². The largest absolute Gasteiger partial charge is 0.378 e. The zero-order valence-electron chi connectivity index (χ0n) is 12.4. The smallest absolute Gasteiger partial charge is 0.252 e. The number of hydrogen-bond donors (Lipinski definition) is 0. The number of carbonyl (C=O) groups is 2. The van der Waals surface area contributed by atoms with E-state index >= 15 is 0 Å². The van der Waals surface area contributed by atoms with Gasteiger partial charge in [0.25, 0.3) is 5.91 Å². The second-order valence-electron chi connectivity index (χ2n) is 4.77. The number of amides is 1. The molecule has 0 aromatic rings. The highest BCUT2D eigenvalue weighted by Gasteiger charge is 2.37. The van der Waals surface area contributed by atoms with E-state index in [0.717, 1.165) is 0 Å². The highest BCUT2D eigenvalue weighted by atomic mass is 16.7. The van der Waals surface area contributed by atoms with E-state index in [1.54, 1.807) is 11.0 Å². The molecule has 6 heteroatoms. The third-order valence-corrected chi connectivity index (χ3v) is 3.38. The molecule has 2 atom stereocenters. The minimum atomic E-state index is -1.42. The summed E-state index contributed by atoms with van der Waals surface area (Å²) < 4.78 is 16.0. The lowest BCUT2D eigenvalue weighted by molar-refractivity contribution is -0.227. The van der Waals surface area contributed by atoms with E-state index in [4.69, 9.17) is 14.2 Å². The Morgan fingerprint density at radius 1 is 1.45 bits per heavy atom. The van der Waals surface area contributed by atoms with Crippen LogP contribution in [0.4, 0.5) is 0 Å². The minimum absolute atomic E-state index is 0.169. The molecule has 1 fully saturated rings. The van der Waals surface area contributed by atoms with E-state index < -0.39 is 11.9 Å². The van der Waals surface area contributed by atoms with Crippen LogP contribution in [0.15, 0.2) is 12.7 Å². The Labute approximate surface area is 119 Å². The minimum Gasteiger partial charge on any atom is -0.378 e. The molecule has 1 rings (SSSR count). The molecular formula is C14H23NO5. The zero-order valence-corrected chi connectivity index (χ0v) is 12.4. The van der Waals surface area contributed by atoms with Crippen molar-refractivity contribution in [3.8, 4) is 0 Å². The summed E-state index contributed by atoms with van der Waals surface area (Å²) in [6.45, 7) is 8.59. The summed E-state index contributed by atoms with van der Waals surface area (Å²) in [5, 5.41) is 0. The molecule has 0 bridgehead atoms. The third kappa shape index (κ3) is 4.13. The molecule has 1 saturated heterocycles. The van der Waals surface area contributed by atoms with Crippen molar-refractivity contribution in [1.82, 2.24) is 4.90 Å². The molecule has 1 heterocycles. The first-order chi connectivity index (χ1) is 9.44. The molecule has 0 aromatic heterocycles. The first-order valence-electron chi connectivity index (χ1n) is 6.66. The first kappa shape index (κ1) is 16.8. The lowest BCUT2D eigenvalue weighted by Crippen LogP contribution is -2.50. The number of nitrogens with zero attached hydrogens (tertiary/aromatic N) is 1. The fraction of sp³-hybridized carbons (Fsp3) is 0.714. The molecule has 0 N–H and O–H groups in total. The van der Waals surface area contributed by atoms with Gasteiger partial charge in [-0.15, -0.1) is 6.58 Å². The Kier molecular flexibility index (Phi) is 6.32. The first-order valence-corrected chi connectivity index (χ1v) is 6.66. The highest BCUT2D eigenvalue weighted by Crippen LogP contribution is 2.19. The lowest BCUT2D eigenvalue weighted by atomic mass is 10.1. The van der Waals surface area contributed by atoms with Crippen LogP contribution in [0.5, 0.6) is 0 Å². The summed E-state index contributed by atoms with van der Waals surface area (Å²) in [6.07, 6.45) is 1.14. The normalized spacial score (nSPS) is 20.1. The van der Waals surface area contributed by atoms with E-state index in [-0.39, 0.29) is 11.7 Å². The van der Waals surface area contributed by atoms with Gasteiger partial charge in [-0.2, -0.15) is 0 Å². The number of rotatable bonds is 7.